The molecule has 0 aliphatic carbocycles. The van der Waals surface area contributed by atoms with Gasteiger partial charge < -0.3 is 9.80 Å². The summed E-state index contributed by atoms with van der Waals surface area (Å²) < 4.78 is 2.62. The lowest BCUT2D eigenvalue weighted by molar-refractivity contribution is 0.0746. The normalized spacial score (nSPS) is 14.4. The van der Waals surface area contributed by atoms with E-state index in [1.165, 1.54) is 0 Å². The Hall–Kier alpha value is -2.81. The Labute approximate surface area is 171 Å². The fraction of sp³-hybridized carbons (Fsp3) is 0.316. The Balaban J connectivity index is 1.46. The third-order valence-electron chi connectivity index (χ3n) is 4.71. The highest BCUT2D eigenvalue weighted by Gasteiger charge is 2.23. The number of piperazine rings is 1. The summed E-state index contributed by atoms with van der Waals surface area (Å²) >= 11 is 3.36. The topological polar surface area (TPSA) is 80.0 Å². The molecule has 0 radical (unpaired) electrons. The molecule has 0 N–H and O–H groups in total. The van der Waals surface area contributed by atoms with Crippen molar-refractivity contribution in [1.82, 2.24) is 29.6 Å². The van der Waals surface area contributed by atoms with Gasteiger partial charge in [-0.2, -0.15) is 5.10 Å². The van der Waals surface area contributed by atoms with Gasteiger partial charge in [0.1, 0.15) is 12.1 Å². The van der Waals surface area contributed by atoms with Crippen molar-refractivity contribution in [2.45, 2.75) is 13.8 Å². The number of halogens is 1. The van der Waals surface area contributed by atoms with Crippen molar-refractivity contribution in [2.75, 3.05) is 31.1 Å². The van der Waals surface area contributed by atoms with E-state index in [9.17, 15) is 4.79 Å². The monoisotopic (exact) mass is 441 g/mol. The van der Waals surface area contributed by atoms with Crippen molar-refractivity contribution in [3.8, 4) is 5.82 Å². The zero-order chi connectivity index (χ0) is 19.7. The number of hydrogen-bond acceptors (Lipinski definition) is 6. The van der Waals surface area contributed by atoms with E-state index in [1.807, 2.05) is 35.6 Å². The molecule has 1 aliphatic heterocycles. The fourth-order valence-electron chi connectivity index (χ4n) is 3.34. The molecule has 144 valence electrons. The third kappa shape index (κ3) is 3.75. The van der Waals surface area contributed by atoms with Crippen molar-refractivity contribution in [1.29, 1.82) is 0 Å². The highest BCUT2D eigenvalue weighted by atomic mass is 79.9. The van der Waals surface area contributed by atoms with Crippen LogP contribution < -0.4 is 4.90 Å². The number of aromatic nitrogens is 5. The molecule has 8 nitrogen and oxygen atoms in total. The molecule has 9 heteroatoms. The first-order valence-electron chi connectivity index (χ1n) is 9.02. The molecule has 0 bridgehead atoms. The van der Waals surface area contributed by atoms with E-state index in [2.05, 4.69) is 40.9 Å². The third-order valence-corrected chi connectivity index (χ3v) is 5.14. The summed E-state index contributed by atoms with van der Waals surface area (Å²) in [5.41, 5.74) is 2.57. The minimum Gasteiger partial charge on any atom is -0.353 e. The minimum absolute atomic E-state index is 0.000493. The molecule has 1 aliphatic rings. The average Bonchev–Trinajstić information content (AvgIpc) is 3.06. The summed E-state index contributed by atoms with van der Waals surface area (Å²) in [5.74, 6) is 1.59. The summed E-state index contributed by atoms with van der Waals surface area (Å²) in [4.78, 5) is 29.6. The number of rotatable bonds is 3. The molecule has 3 aromatic rings. The Morgan fingerprint density at radius 3 is 2.43 bits per heavy atom. The van der Waals surface area contributed by atoms with Crippen LogP contribution >= 0.6 is 15.9 Å². The van der Waals surface area contributed by atoms with Crippen LogP contribution in [-0.2, 0) is 0 Å². The van der Waals surface area contributed by atoms with Gasteiger partial charge in [-0.1, -0.05) is 0 Å². The summed E-state index contributed by atoms with van der Waals surface area (Å²) in [6.45, 7) is 6.64. The highest BCUT2D eigenvalue weighted by Crippen LogP contribution is 2.19. The second kappa shape index (κ2) is 7.67. The zero-order valence-electron chi connectivity index (χ0n) is 15.7. The number of carbonyl (C=O) groups is 1. The van der Waals surface area contributed by atoms with Crippen LogP contribution in [0.25, 0.3) is 5.82 Å². The lowest BCUT2D eigenvalue weighted by atomic mass is 10.2. The molecule has 0 unspecified atom stereocenters. The van der Waals surface area contributed by atoms with Crippen molar-refractivity contribution >= 4 is 27.7 Å². The summed E-state index contributed by atoms with van der Waals surface area (Å²) in [7, 11) is 0. The number of nitrogens with zero attached hydrogens (tertiary/aromatic N) is 7. The fourth-order valence-corrected chi connectivity index (χ4v) is 3.70. The van der Waals surface area contributed by atoms with Gasteiger partial charge in [0.25, 0.3) is 5.91 Å². The molecule has 1 amide bonds. The van der Waals surface area contributed by atoms with Crippen molar-refractivity contribution in [3.05, 3.63) is 58.3 Å². The first-order chi connectivity index (χ1) is 13.5. The summed E-state index contributed by atoms with van der Waals surface area (Å²) in [5, 5.41) is 4.49. The molecular formula is C19H20BrN7O. The van der Waals surface area contributed by atoms with Crippen LogP contribution in [0.3, 0.4) is 0 Å². The summed E-state index contributed by atoms with van der Waals surface area (Å²) in [6, 6.07) is 5.75. The van der Waals surface area contributed by atoms with E-state index in [-0.39, 0.29) is 5.91 Å². The van der Waals surface area contributed by atoms with E-state index in [0.29, 0.717) is 31.7 Å². The highest BCUT2D eigenvalue weighted by molar-refractivity contribution is 9.10. The average molecular weight is 442 g/mol. The van der Waals surface area contributed by atoms with Gasteiger partial charge in [-0.25, -0.2) is 14.6 Å². The quantitative estimate of drug-likeness (QED) is 0.620. The molecule has 1 saturated heterocycles. The van der Waals surface area contributed by atoms with Gasteiger partial charge >= 0.3 is 0 Å². The number of anilines is 1. The first-order valence-corrected chi connectivity index (χ1v) is 9.81. The van der Waals surface area contributed by atoms with Gasteiger partial charge in [0, 0.05) is 54.8 Å². The Morgan fingerprint density at radius 1 is 1.00 bits per heavy atom. The molecule has 4 heterocycles. The lowest BCUT2D eigenvalue weighted by Crippen LogP contribution is -2.49. The van der Waals surface area contributed by atoms with Gasteiger partial charge in [-0.3, -0.25) is 9.78 Å². The first kappa shape index (κ1) is 18.5. The van der Waals surface area contributed by atoms with Crippen molar-refractivity contribution in [3.63, 3.8) is 0 Å². The lowest BCUT2D eigenvalue weighted by Gasteiger charge is -2.35. The minimum atomic E-state index is -0.000493. The number of pyridine rings is 1. The predicted molar refractivity (Wildman–Crippen MR) is 109 cm³/mol. The van der Waals surface area contributed by atoms with Crippen molar-refractivity contribution in [2.24, 2.45) is 0 Å². The van der Waals surface area contributed by atoms with Crippen LogP contribution in [0, 0.1) is 13.8 Å². The Morgan fingerprint density at radius 2 is 1.75 bits per heavy atom. The second-order valence-electron chi connectivity index (χ2n) is 6.74. The maximum atomic E-state index is 12.7. The van der Waals surface area contributed by atoms with Gasteiger partial charge in [0.2, 0.25) is 0 Å². The molecule has 3 aromatic heterocycles. The van der Waals surface area contributed by atoms with Gasteiger partial charge in [0.15, 0.2) is 5.82 Å². The molecule has 0 spiro atoms. The summed E-state index contributed by atoms with van der Waals surface area (Å²) in [6.07, 6.45) is 4.83. The Bertz CT molecular complexity index is 1010. The molecule has 1 fully saturated rings. The molecule has 0 atom stereocenters. The van der Waals surface area contributed by atoms with Crippen LogP contribution in [-0.4, -0.2) is 61.7 Å². The molecule has 0 aromatic carbocycles. The largest absolute Gasteiger partial charge is 0.353 e. The smallest absolute Gasteiger partial charge is 0.255 e. The van der Waals surface area contributed by atoms with Crippen LogP contribution in [0.2, 0.25) is 0 Å². The van der Waals surface area contributed by atoms with Crippen molar-refractivity contribution < 1.29 is 4.79 Å². The van der Waals surface area contributed by atoms with Gasteiger partial charge in [-0.15, -0.1) is 0 Å². The molecule has 0 saturated carbocycles. The van der Waals surface area contributed by atoms with E-state index in [4.69, 9.17) is 0 Å². The van der Waals surface area contributed by atoms with E-state index in [1.54, 1.807) is 24.8 Å². The standard InChI is InChI=1S/C19H20BrN7O/c1-13-7-14(2)27(24-13)18-9-17(22-12-23-18)25-3-5-26(6-4-25)19(28)15-8-16(20)11-21-10-15/h7-12H,3-6H2,1-2H3. The van der Waals surface area contributed by atoms with Crippen LogP contribution in [0.5, 0.6) is 0 Å². The number of hydrogen-bond donors (Lipinski definition) is 0. The maximum Gasteiger partial charge on any atom is 0.255 e. The second-order valence-corrected chi connectivity index (χ2v) is 7.66. The van der Waals surface area contributed by atoms with E-state index >= 15 is 0 Å². The molecule has 4 rings (SSSR count). The zero-order valence-corrected chi connectivity index (χ0v) is 17.3. The van der Waals surface area contributed by atoms with E-state index in [0.717, 1.165) is 27.5 Å². The van der Waals surface area contributed by atoms with Crippen LogP contribution in [0.15, 0.2) is 41.4 Å². The number of amides is 1. The Kier molecular flexibility index (Phi) is 5.08. The van der Waals surface area contributed by atoms with Crippen LogP contribution in [0.4, 0.5) is 5.82 Å². The molecule has 28 heavy (non-hydrogen) atoms. The van der Waals surface area contributed by atoms with Gasteiger partial charge in [-0.05, 0) is 41.9 Å². The number of aryl methyl sites for hydroxylation is 2. The van der Waals surface area contributed by atoms with Gasteiger partial charge in [0.05, 0.1) is 11.3 Å². The predicted octanol–water partition coefficient (Wildman–Crippen LogP) is 2.40. The SMILES string of the molecule is Cc1cc(C)n(-c2cc(N3CCN(C(=O)c4cncc(Br)c4)CC3)ncn2)n1. The number of carbonyl (C=O) groups excluding carboxylic acids is 1. The van der Waals surface area contributed by atoms with E-state index < -0.39 is 0 Å². The molecular weight excluding hydrogens is 422 g/mol. The maximum absolute atomic E-state index is 12.7. The van der Waals surface area contributed by atoms with Crippen LogP contribution in [0.1, 0.15) is 21.7 Å².